The maximum Gasteiger partial charge on any atom is 0.573 e. The molecule has 0 amide bonds. The molecule has 1 aromatic carbocycles. The van der Waals surface area contributed by atoms with Crippen molar-refractivity contribution < 1.29 is 48.6 Å². The molecular weight excluding hydrogens is 406 g/mol. The van der Waals surface area contributed by atoms with Crippen LogP contribution in [0.3, 0.4) is 0 Å². The lowest BCUT2D eigenvalue weighted by Crippen LogP contribution is -2.50. The molecule has 126 valence electrons. The van der Waals surface area contributed by atoms with Crippen LogP contribution in [0.5, 0.6) is 5.75 Å². The Kier molecular flexibility index (Phi) is 4.68. The Labute approximate surface area is 124 Å². The van der Waals surface area contributed by atoms with Gasteiger partial charge in [0.05, 0.1) is 0 Å². The molecular formula is C10H3BrF10O. The molecule has 0 unspecified atom stereocenters. The number of rotatable bonds is 2. The quantitative estimate of drug-likeness (QED) is 0.575. The molecule has 1 nitrogen and oxygen atoms in total. The van der Waals surface area contributed by atoms with Gasteiger partial charge in [0.2, 0.25) is 0 Å². The van der Waals surface area contributed by atoms with Crippen molar-refractivity contribution in [2.75, 3.05) is 0 Å². The molecule has 0 radical (unpaired) electrons. The maximum absolute atomic E-state index is 13.7. The Morgan fingerprint density at radius 3 is 1.55 bits per heavy atom. The zero-order valence-electron chi connectivity index (χ0n) is 9.80. The van der Waals surface area contributed by atoms with Crippen molar-refractivity contribution in [1.29, 1.82) is 0 Å². The van der Waals surface area contributed by atoms with Gasteiger partial charge in [-0.1, -0.05) is 15.9 Å². The van der Waals surface area contributed by atoms with Crippen LogP contribution in [0.4, 0.5) is 43.9 Å². The lowest BCUT2D eigenvalue weighted by molar-refractivity contribution is -0.348. The normalized spacial score (nSPS) is 14.1. The number of alkyl halides is 10. The molecule has 0 saturated heterocycles. The van der Waals surface area contributed by atoms with E-state index in [-0.39, 0.29) is 12.1 Å². The third-order valence-corrected chi connectivity index (χ3v) is 2.74. The van der Waals surface area contributed by atoms with E-state index in [0.29, 0.717) is 6.07 Å². The van der Waals surface area contributed by atoms with Gasteiger partial charge in [-0.25, -0.2) is 4.39 Å². The zero-order valence-corrected chi connectivity index (χ0v) is 11.4. The largest absolute Gasteiger partial charge is 0.573 e. The Hall–Kier alpha value is -1.20. The number of hydrogen-bond acceptors (Lipinski definition) is 1. The lowest BCUT2D eigenvalue weighted by atomic mass is 9.94. The van der Waals surface area contributed by atoms with Crippen molar-refractivity contribution >= 4 is 15.9 Å². The molecule has 1 aromatic rings. The van der Waals surface area contributed by atoms with Crippen LogP contribution in [0.25, 0.3) is 0 Å². The highest BCUT2D eigenvalue weighted by Gasteiger charge is 2.73. The van der Waals surface area contributed by atoms with Gasteiger partial charge in [-0.05, 0) is 18.2 Å². The van der Waals surface area contributed by atoms with Gasteiger partial charge >= 0.3 is 24.4 Å². The monoisotopic (exact) mass is 408 g/mol. The van der Waals surface area contributed by atoms with Crippen LogP contribution in [0.1, 0.15) is 5.56 Å². The molecule has 0 bridgehead atoms. The number of benzene rings is 1. The second kappa shape index (κ2) is 5.46. The van der Waals surface area contributed by atoms with E-state index in [2.05, 4.69) is 20.7 Å². The summed E-state index contributed by atoms with van der Waals surface area (Å²) in [7, 11) is 0. The van der Waals surface area contributed by atoms with Crippen molar-refractivity contribution in [2.45, 2.75) is 24.4 Å². The molecule has 12 heteroatoms. The fourth-order valence-corrected chi connectivity index (χ4v) is 1.91. The van der Waals surface area contributed by atoms with Gasteiger partial charge in [0, 0.05) is 10.0 Å². The fraction of sp³-hybridized carbons (Fsp3) is 0.400. The molecule has 22 heavy (non-hydrogen) atoms. The number of halogens is 11. The van der Waals surface area contributed by atoms with Crippen molar-refractivity contribution in [2.24, 2.45) is 0 Å². The van der Waals surface area contributed by atoms with Crippen molar-refractivity contribution in [3.05, 3.63) is 28.2 Å². The van der Waals surface area contributed by atoms with Gasteiger partial charge in [-0.15, -0.1) is 13.2 Å². The number of ether oxygens (including phenoxy) is 1. The van der Waals surface area contributed by atoms with Gasteiger partial charge < -0.3 is 4.74 Å². The Bertz CT molecular complexity index is 530. The first-order valence-electron chi connectivity index (χ1n) is 4.97. The topological polar surface area (TPSA) is 9.23 Å². The zero-order chi connectivity index (χ0) is 17.6. The molecule has 1 rings (SSSR count). The van der Waals surface area contributed by atoms with E-state index in [0.717, 1.165) is 0 Å². The number of hydrogen-bond donors (Lipinski definition) is 0. The van der Waals surface area contributed by atoms with Crippen molar-refractivity contribution in [3.63, 3.8) is 0 Å². The first kappa shape index (κ1) is 18.8. The molecule has 0 atom stereocenters. The van der Waals surface area contributed by atoms with Crippen LogP contribution < -0.4 is 4.74 Å². The van der Waals surface area contributed by atoms with E-state index >= 15 is 0 Å². The summed E-state index contributed by atoms with van der Waals surface area (Å²) in [6.45, 7) is 0. The van der Waals surface area contributed by atoms with E-state index in [4.69, 9.17) is 0 Å². The minimum absolute atomic E-state index is 0.0597. The summed E-state index contributed by atoms with van der Waals surface area (Å²) >= 11 is 2.40. The molecule has 0 heterocycles. The van der Waals surface area contributed by atoms with Crippen LogP contribution in [-0.2, 0) is 5.67 Å². The molecule has 0 N–H and O–H groups in total. The minimum Gasteiger partial charge on any atom is -0.406 e. The van der Waals surface area contributed by atoms with E-state index in [1.165, 1.54) is 0 Å². The first-order valence-corrected chi connectivity index (χ1v) is 5.76. The highest BCUT2D eigenvalue weighted by molar-refractivity contribution is 9.10. The van der Waals surface area contributed by atoms with Gasteiger partial charge in [-0.3, -0.25) is 0 Å². The van der Waals surface area contributed by atoms with Crippen LogP contribution in [-0.4, -0.2) is 18.7 Å². The average molecular weight is 409 g/mol. The first-order chi connectivity index (χ1) is 9.58. The Balaban J connectivity index is 3.52. The van der Waals surface area contributed by atoms with E-state index in [1.807, 2.05) is 0 Å². The summed E-state index contributed by atoms with van der Waals surface area (Å²) in [5, 5.41) is 0. The predicted molar refractivity (Wildman–Crippen MR) is 55.7 cm³/mol. The maximum atomic E-state index is 13.7. The summed E-state index contributed by atoms with van der Waals surface area (Å²) in [4.78, 5) is 0. The third kappa shape index (κ3) is 3.76. The Morgan fingerprint density at radius 2 is 1.18 bits per heavy atom. The summed E-state index contributed by atoms with van der Waals surface area (Å²) in [6, 6.07) is 0.174. The third-order valence-electron chi connectivity index (χ3n) is 2.28. The molecule has 0 aromatic heterocycles. The second-order valence-electron chi connectivity index (χ2n) is 3.88. The second-order valence-corrected chi connectivity index (χ2v) is 4.79. The van der Waals surface area contributed by atoms with Gasteiger partial charge in [0.15, 0.2) is 0 Å². The average Bonchev–Trinajstić information content (AvgIpc) is 2.21. The molecule has 0 fully saturated rings. The summed E-state index contributed by atoms with van der Waals surface area (Å²) in [6.07, 6.45) is -18.3. The van der Waals surface area contributed by atoms with Crippen molar-refractivity contribution in [3.8, 4) is 5.75 Å². The van der Waals surface area contributed by atoms with Crippen LogP contribution in [0.2, 0.25) is 0 Å². The lowest BCUT2D eigenvalue weighted by Gasteiger charge is -2.30. The SMILES string of the molecule is FC(F)(F)Oc1cc(Br)cc(C(F)(C(F)(F)F)C(F)(F)F)c1. The van der Waals surface area contributed by atoms with E-state index in [1.54, 1.807) is 0 Å². The van der Waals surface area contributed by atoms with Crippen molar-refractivity contribution in [1.82, 2.24) is 0 Å². The molecule has 0 aliphatic rings. The summed E-state index contributed by atoms with van der Waals surface area (Å²) in [5.74, 6) is -1.44. The smallest absolute Gasteiger partial charge is 0.406 e. The molecule has 0 spiro atoms. The highest BCUT2D eigenvalue weighted by atomic mass is 79.9. The van der Waals surface area contributed by atoms with E-state index in [9.17, 15) is 43.9 Å². The van der Waals surface area contributed by atoms with Crippen LogP contribution in [0, 0.1) is 0 Å². The molecule has 0 aliphatic carbocycles. The van der Waals surface area contributed by atoms with Crippen LogP contribution >= 0.6 is 15.9 Å². The summed E-state index contributed by atoms with van der Waals surface area (Å²) in [5.41, 5.74) is -7.95. The predicted octanol–water partition coefficient (Wildman–Crippen LogP) is 5.64. The van der Waals surface area contributed by atoms with Gasteiger partial charge in [0.25, 0.3) is 0 Å². The Morgan fingerprint density at radius 1 is 0.727 bits per heavy atom. The van der Waals surface area contributed by atoms with Crippen LogP contribution in [0.15, 0.2) is 22.7 Å². The minimum atomic E-state index is -6.44. The molecule has 0 saturated carbocycles. The van der Waals surface area contributed by atoms with Gasteiger partial charge in [0.1, 0.15) is 5.75 Å². The van der Waals surface area contributed by atoms with Gasteiger partial charge in [-0.2, -0.15) is 26.3 Å². The molecule has 0 aliphatic heterocycles. The standard InChI is InChI=1S/C10H3BrF10O/c11-5-1-4(2-6(3-5)22-10(19,20)21)7(12,8(13,14)15)9(16,17)18/h1-3H. The van der Waals surface area contributed by atoms with E-state index < -0.39 is 40.2 Å². The summed E-state index contributed by atoms with van der Waals surface area (Å²) < 4.78 is 127. The highest BCUT2D eigenvalue weighted by Crippen LogP contribution is 2.54. The fourth-order valence-electron chi connectivity index (χ4n) is 1.44.